The highest BCUT2D eigenvalue weighted by molar-refractivity contribution is 5.60. The lowest BCUT2D eigenvalue weighted by molar-refractivity contribution is 0.0588. The minimum Gasteiger partial charge on any atom is -0.434 e. The number of hydrogen-bond donors (Lipinski definition) is 1. The molecule has 0 saturated heterocycles. The molecule has 0 aliphatic rings. The van der Waals surface area contributed by atoms with Crippen molar-refractivity contribution in [2.24, 2.45) is 0 Å². The van der Waals surface area contributed by atoms with Gasteiger partial charge in [0.05, 0.1) is 13.2 Å². The normalized spacial score (nSPS) is 10.7. The fourth-order valence-electron chi connectivity index (χ4n) is 3.05. The Kier molecular flexibility index (Phi) is 20.5. The molecule has 0 aromatic carbocycles. The quantitative estimate of drug-likeness (QED) is 0.140. The minimum atomic E-state index is -0.675. The summed E-state index contributed by atoms with van der Waals surface area (Å²) in [5.74, 6) is 0. The topological polar surface area (TPSA) is 55.8 Å². The molecule has 27 heavy (non-hydrogen) atoms. The van der Waals surface area contributed by atoms with E-state index in [4.69, 9.17) is 14.6 Å². The summed E-state index contributed by atoms with van der Waals surface area (Å²) in [4.78, 5) is 11.3. The maximum atomic E-state index is 11.3. The van der Waals surface area contributed by atoms with E-state index in [1.54, 1.807) is 0 Å². The Morgan fingerprint density at radius 3 is 1.52 bits per heavy atom. The van der Waals surface area contributed by atoms with Gasteiger partial charge in [0.2, 0.25) is 0 Å². The summed E-state index contributed by atoms with van der Waals surface area (Å²) in [5.41, 5.74) is 0.467. The van der Waals surface area contributed by atoms with E-state index in [1.807, 2.05) is 0 Å². The van der Waals surface area contributed by atoms with Crippen LogP contribution in [0.3, 0.4) is 0 Å². The van der Waals surface area contributed by atoms with Crippen molar-refractivity contribution in [2.75, 3.05) is 19.8 Å². The number of aliphatic hydroxyl groups excluding tert-OH is 1. The Balaban J connectivity index is 3.12. The van der Waals surface area contributed by atoms with E-state index in [2.05, 4.69) is 13.5 Å². The van der Waals surface area contributed by atoms with Crippen LogP contribution < -0.4 is 0 Å². The van der Waals surface area contributed by atoms with Crippen LogP contribution in [0.2, 0.25) is 0 Å². The molecule has 4 nitrogen and oxygen atoms in total. The summed E-state index contributed by atoms with van der Waals surface area (Å²) in [7, 11) is 0. The van der Waals surface area contributed by atoms with Crippen LogP contribution in [-0.2, 0) is 9.47 Å². The van der Waals surface area contributed by atoms with Gasteiger partial charge in [0.15, 0.2) is 0 Å². The van der Waals surface area contributed by atoms with Crippen molar-refractivity contribution in [3.63, 3.8) is 0 Å². The third-order valence-corrected chi connectivity index (χ3v) is 4.84. The molecule has 4 heteroatoms. The Morgan fingerprint density at radius 1 is 0.704 bits per heavy atom. The van der Waals surface area contributed by atoms with Gasteiger partial charge in [-0.25, -0.2) is 4.79 Å². The zero-order valence-corrected chi connectivity index (χ0v) is 17.8. The molecule has 0 radical (unpaired) electrons. The summed E-state index contributed by atoms with van der Waals surface area (Å²) >= 11 is 0. The zero-order chi connectivity index (χ0) is 20.0. The number of unbranched alkanes of at least 4 members (excludes halogenated alkanes) is 15. The first-order chi connectivity index (χ1) is 13.2. The highest BCUT2D eigenvalue weighted by Crippen LogP contribution is 2.13. The van der Waals surface area contributed by atoms with Gasteiger partial charge in [-0.15, -0.1) is 0 Å². The molecule has 160 valence electrons. The summed E-state index contributed by atoms with van der Waals surface area (Å²) in [6.45, 7) is 6.07. The molecule has 1 N–H and O–H groups in total. The molecule has 0 aliphatic heterocycles. The van der Waals surface area contributed by atoms with E-state index in [-0.39, 0.29) is 13.2 Å². The van der Waals surface area contributed by atoms with Crippen LogP contribution in [-0.4, -0.2) is 31.1 Å². The second kappa shape index (κ2) is 21.3. The predicted molar refractivity (Wildman–Crippen MR) is 113 cm³/mol. The average Bonchev–Trinajstić information content (AvgIpc) is 2.68. The Hall–Kier alpha value is -1.03. The van der Waals surface area contributed by atoms with Crippen LogP contribution in [0.1, 0.15) is 110 Å². The van der Waals surface area contributed by atoms with E-state index in [1.165, 1.54) is 89.9 Å². The molecular weight excluding hydrogens is 340 g/mol. The van der Waals surface area contributed by atoms with Crippen molar-refractivity contribution in [2.45, 2.75) is 110 Å². The molecule has 0 aliphatic carbocycles. The third-order valence-electron chi connectivity index (χ3n) is 4.84. The largest absolute Gasteiger partial charge is 0.508 e. The maximum Gasteiger partial charge on any atom is 0.508 e. The number of carbonyl (C=O) groups is 1. The smallest absolute Gasteiger partial charge is 0.434 e. The first-order valence-corrected chi connectivity index (χ1v) is 11.3. The maximum absolute atomic E-state index is 11.3. The molecule has 0 heterocycles. The van der Waals surface area contributed by atoms with Crippen LogP contribution in [0.25, 0.3) is 0 Å². The molecule has 0 atom stereocenters. The zero-order valence-electron chi connectivity index (χ0n) is 17.8. The number of carbonyl (C=O) groups excluding carboxylic acids is 1. The first kappa shape index (κ1) is 26.0. The van der Waals surface area contributed by atoms with Gasteiger partial charge in [-0.2, -0.15) is 0 Å². The molecule has 0 unspecified atom stereocenters. The highest BCUT2D eigenvalue weighted by atomic mass is 16.7. The van der Waals surface area contributed by atoms with Crippen molar-refractivity contribution in [1.29, 1.82) is 0 Å². The van der Waals surface area contributed by atoms with Crippen molar-refractivity contribution < 1.29 is 19.4 Å². The molecule has 0 rings (SSSR count). The third kappa shape index (κ3) is 21.1. The highest BCUT2D eigenvalue weighted by Gasteiger charge is 2.04. The predicted octanol–water partition coefficient (Wildman–Crippen LogP) is 6.95. The first-order valence-electron chi connectivity index (χ1n) is 11.3. The molecular formula is C23H44O4. The Bertz CT molecular complexity index is 341. The van der Waals surface area contributed by atoms with Gasteiger partial charge in [-0.05, 0) is 12.0 Å². The molecule has 0 spiro atoms. The second-order valence-corrected chi connectivity index (χ2v) is 7.60. The van der Waals surface area contributed by atoms with Crippen LogP contribution in [0, 0.1) is 0 Å². The van der Waals surface area contributed by atoms with Gasteiger partial charge < -0.3 is 14.6 Å². The second-order valence-electron chi connectivity index (χ2n) is 7.60. The van der Waals surface area contributed by atoms with Crippen LogP contribution in [0.5, 0.6) is 0 Å². The van der Waals surface area contributed by atoms with Gasteiger partial charge in [0, 0.05) is 0 Å². The van der Waals surface area contributed by atoms with E-state index >= 15 is 0 Å². The molecule has 0 amide bonds. The van der Waals surface area contributed by atoms with Crippen molar-refractivity contribution in [1.82, 2.24) is 0 Å². The van der Waals surface area contributed by atoms with Crippen molar-refractivity contribution in [3.05, 3.63) is 12.2 Å². The van der Waals surface area contributed by atoms with Gasteiger partial charge in [0.1, 0.15) is 6.61 Å². The van der Waals surface area contributed by atoms with Crippen LogP contribution in [0.15, 0.2) is 12.2 Å². The summed E-state index contributed by atoms with van der Waals surface area (Å²) in [6, 6.07) is 0. The lowest BCUT2D eigenvalue weighted by Gasteiger charge is -2.06. The van der Waals surface area contributed by atoms with Gasteiger partial charge >= 0.3 is 6.16 Å². The standard InChI is InChI=1S/C23H44O4/c1-3-4-5-6-7-8-9-10-11-12-13-14-15-16-17-18-19-26-23(25)27-21-22(2)20-24/h24H,2-21H2,1H3. The average molecular weight is 385 g/mol. The van der Waals surface area contributed by atoms with Crippen molar-refractivity contribution >= 4 is 6.16 Å². The summed E-state index contributed by atoms with van der Waals surface area (Å²) < 4.78 is 9.78. The summed E-state index contributed by atoms with van der Waals surface area (Å²) in [5, 5.41) is 8.75. The molecule has 0 bridgehead atoms. The Labute approximate surface area is 167 Å². The fourth-order valence-corrected chi connectivity index (χ4v) is 3.05. The van der Waals surface area contributed by atoms with Crippen LogP contribution in [0.4, 0.5) is 4.79 Å². The van der Waals surface area contributed by atoms with Gasteiger partial charge in [-0.3, -0.25) is 0 Å². The van der Waals surface area contributed by atoms with Gasteiger partial charge in [-0.1, -0.05) is 110 Å². The van der Waals surface area contributed by atoms with E-state index in [0.717, 1.165) is 12.8 Å². The Morgan fingerprint density at radius 2 is 1.11 bits per heavy atom. The van der Waals surface area contributed by atoms with E-state index in [9.17, 15) is 4.79 Å². The van der Waals surface area contributed by atoms with E-state index in [0.29, 0.717) is 12.2 Å². The minimum absolute atomic E-state index is 0.0221. The SMILES string of the molecule is C=C(CO)COC(=O)OCCCCCCCCCCCCCCCCCC. The monoisotopic (exact) mass is 384 g/mol. The summed E-state index contributed by atoms with van der Waals surface area (Å²) in [6.07, 6.45) is 20.5. The molecule has 0 aromatic rings. The van der Waals surface area contributed by atoms with Crippen LogP contribution >= 0.6 is 0 Å². The molecule has 0 saturated carbocycles. The number of ether oxygens (including phenoxy) is 2. The van der Waals surface area contributed by atoms with Gasteiger partial charge in [0.25, 0.3) is 0 Å². The number of aliphatic hydroxyl groups is 1. The molecule has 0 aromatic heterocycles. The number of rotatable bonds is 20. The van der Waals surface area contributed by atoms with E-state index < -0.39 is 6.16 Å². The van der Waals surface area contributed by atoms with Crippen molar-refractivity contribution in [3.8, 4) is 0 Å². The fraction of sp³-hybridized carbons (Fsp3) is 0.870. The number of hydrogen-bond acceptors (Lipinski definition) is 4. The lowest BCUT2D eigenvalue weighted by Crippen LogP contribution is -2.11. The lowest BCUT2D eigenvalue weighted by atomic mass is 10.0. The molecule has 0 fully saturated rings.